The average molecular weight is 479 g/mol. The van der Waals surface area contributed by atoms with E-state index >= 15 is 0 Å². The lowest BCUT2D eigenvalue weighted by atomic mass is 9.73. The zero-order valence-corrected chi connectivity index (χ0v) is 19.2. The summed E-state index contributed by atoms with van der Waals surface area (Å²) in [7, 11) is 0. The molecule has 0 aliphatic carbocycles. The maximum absolute atomic E-state index is 13.3. The van der Waals surface area contributed by atoms with Crippen LogP contribution in [0.5, 0.6) is 0 Å². The minimum Gasteiger partial charge on any atom is -0.372 e. The van der Waals surface area contributed by atoms with Crippen LogP contribution in [0, 0.1) is 0 Å². The van der Waals surface area contributed by atoms with E-state index in [9.17, 15) is 22.4 Å². The number of alkyl halides is 4. The normalized spacial score (nSPS) is 26.3. The summed E-state index contributed by atoms with van der Waals surface area (Å²) in [6, 6.07) is 13.1. The first kappa shape index (κ1) is 24.7. The third-order valence-electron chi connectivity index (χ3n) is 7.13. The molecule has 8 heteroatoms. The second-order valence-electron chi connectivity index (χ2n) is 9.53. The fourth-order valence-electron chi connectivity index (χ4n) is 5.06. The van der Waals surface area contributed by atoms with Gasteiger partial charge in [-0.3, -0.25) is 4.79 Å². The highest BCUT2D eigenvalue weighted by Gasteiger charge is 2.45. The molecule has 1 amide bonds. The van der Waals surface area contributed by atoms with Crippen LogP contribution < -0.4 is 10.6 Å². The molecule has 3 atom stereocenters. The molecular formula is C26H30F4N2O2. The fourth-order valence-corrected chi connectivity index (χ4v) is 5.06. The number of carbonyl (C=O) groups excluding carboxylic acids is 1. The molecule has 184 valence electrons. The lowest BCUT2D eigenvalue weighted by molar-refractivity contribution is -0.137. The standard InChI is InChI=1S/C26H30F4N2O2/c1-18(20-12-19(15-27)13-22(14-20)26(28,29)30)34-17-25(21-6-3-2-4-7-21)11-10-24(16-31-25)9-5-8-23(33)32-24/h2-4,6-7,12-14,18,31H,5,8-11,15-17H2,1H3,(H,32,33)/t18-,24-,25-/m1/s1. The van der Waals surface area contributed by atoms with Gasteiger partial charge in [-0.25, -0.2) is 4.39 Å². The molecule has 0 saturated carbocycles. The van der Waals surface area contributed by atoms with Gasteiger partial charge in [0, 0.05) is 13.0 Å². The van der Waals surface area contributed by atoms with Crippen LogP contribution in [0.1, 0.15) is 67.4 Å². The molecule has 2 N–H and O–H groups in total. The zero-order valence-electron chi connectivity index (χ0n) is 19.2. The maximum atomic E-state index is 13.3. The van der Waals surface area contributed by atoms with Crippen LogP contribution in [0.4, 0.5) is 17.6 Å². The molecular weight excluding hydrogens is 448 g/mol. The third-order valence-corrected chi connectivity index (χ3v) is 7.13. The van der Waals surface area contributed by atoms with E-state index in [0.717, 1.165) is 37.0 Å². The molecule has 2 saturated heterocycles. The Morgan fingerprint density at radius 3 is 2.47 bits per heavy atom. The Balaban J connectivity index is 1.54. The maximum Gasteiger partial charge on any atom is 0.416 e. The highest BCUT2D eigenvalue weighted by atomic mass is 19.4. The summed E-state index contributed by atoms with van der Waals surface area (Å²) in [5.41, 5.74) is -0.422. The van der Waals surface area contributed by atoms with Gasteiger partial charge in [-0.05, 0) is 61.4 Å². The summed E-state index contributed by atoms with van der Waals surface area (Å²) in [6.07, 6.45) is -1.45. The van der Waals surface area contributed by atoms with Gasteiger partial charge in [0.1, 0.15) is 6.67 Å². The van der Waals surface area contributed by atoms with E-state index in [1.54, 1.807) is 6.92 Å². The first-order valence-corrected chi connectivity index (χ1v) is 11.6. The Hall–Kier alpha value is -2.45. The second-order valence-corrected chi connectivity index (χ2v) is 9.53. The molecule has 2 aliphatic heterocycles. The lowest BCUT2D eigenvalue weighted by Gasteiger charge is -2.49. The molecule has 0 bridgehead atoms. The van der Waals surface area contributed by atoms with Crippen LogP contribution in [0.2, 0.25) is 0 Å². The first-order valence-electron chi connectivity index (χ1n) is 11.6. The van der Waals surface area contributed by atoms with E-state index in [4.69, 9.17) is 4.74 Å². The molecule has 34 heavy (non-hydrogen) atoms. The summed E-state index contributed by atoms with van der Waals surface area (Å²) in [4.78, 5) is 12.0. The van der Waals surface area contributed by atoms with E-state index in [-0.39, 0.29) is 29.2 Å². The summed E-state index contributed by atoms with van der Waals surface area (Å²) in [5, 5.41) is 6.78. The number of ether oxygens (including phenoxy) is 1. The quantitative estimate of drug-likeness (QED) is 0.534. The van der Waals surface area contributed by atoms with Crippen molar-refractivity contribution in [1.29, 1.82) is 0 Å². The molecule has 2 aromatic carbocycles. The Morgan fingerprint density at radius 2 is 1.85 bits per heavy atom. The minimum atomic E-state index is -4.56. The molecule has 0 aromatic heterocycles. The van der Waals surface area contributed by atoms with Gasteiger partial charge in [0.2, 0.25) is 5.91 Å². The zero-order chi connectivity index (χ0) is 24.4. The van der Waals surface area contributed by atoms with Crippen molar-refractivity contribution in [3.8, 4) is 0 Å². The van der Waals surface area contributed by atoms with E-state index in [0.29, 0.717) is 19.4 Å². The molecule has 0 unspecified atom stereocenters. The summed E-state index contributed by atoms with van der Waals surface area (Å²) >= 11 is 0. The Kier molecular flexibility index (Phi) is 7.01. The number of piperidine rings is 2. The number of hydrogen-bond acceptors (Lipinski definition) is 3. The van der Waals surface area contributed by atoms with Crippen molar-refractivity contribution < 1.29 is 27.1 Å². The summed E-state index contributed by atoms with van der Waals surface area (Å²) < 4.78 is 59.3. The summed E-state index contributed by atoms with van der Waals surface area (Å²) in [6.45, 7) is 1.51. The molecule has 2 aliphatic rings. The van der Waals surface area contributed by atoms with Gasteiger partial charge in [0.25, 0.3) is 0 Å². The largest absolute Gasteiger partial charge is 0.416 e. The fraction of sp³-hybridized carbons (Fsp3) is 0.500. The smallest absolute Gasteiger partial charge is 0.372 e. The van der Waals surface area contributed by atoms with Gasteiger partial charge >= 0.3 is 6.18 Å². The topological polar surface area (TPSA) is 50.4 Å². The number of carbonyl (C=O) groups is 1. The monoisotopic (exact) mass is 478 g/mol. The van der Waals surface area contributed by atoms with Crippen molar-refractivity contribution in [2.24, 2.45) is 0 Å². The third kappa shape index (κ3) is 5.28. The predicted molar refractivity (Wildman–Crippen MR) is 121 cm³/mol. The van der Waals surface area contributed by atoms with Crippen molar-refractivity contribution in [2.45, 2.75) is 69.1 Å². The van der Waals surface area contributed by atoms with Gasteiger partial charge in [-0.1, -0.05) is 36.4 Å². The second kappa shape index (κ2) is 9.66. The minimum absolute atomic E-state index is 0.0242. The molecule has 2 aromatic rings. The van der Waals surface area contributed by atoms with Crippen molar-refractivity contribution in [2.75, 3.05) is 13.2 Å². The van der Waals surface area contributed by atoms with Gasteiger partial charge in [-0.2, -0.15) is 13.2 Å². The van der Waals surface area contributed by atoms with Crippen LogP contribution in [-0.2, 0) is 27.9 Å². The number of rotatable bonds is 6. The number of hydrogen-bond donors (Lipinski definition) is 2. The Labute approximate surface area is 197 Å². The van der Waals surface area contributed by atoms with Crippen LogP contribution in [0.15, 0.2) is 48.5 Å². The molecule has 2 heterocycles. The van der Waals surface area contributed by atoms with Crippen molar-refractivity contribution in [3.63, 3.8) is 0 Å². The molecule has 0 radical (unpaired) electrons. The van der Waals surface area contributed by atoms with Gasteiger partial charge in [0.05, 0.1) is 29.4 Å². The predicted octanol–water partition coefficient (Wildman–Crippen LogP) is 5.57. The highest BCUT2D eigenvalue weighted by molar-refractivity contribution is 5.77. The van der Waals surface area contributed by atoms with Crippen LogP contribution in [0.25, 0.3) is 0 Å². The lowest BCUT2D eigenvalue weighted by Crippen LogP contribution is -2.65. The molecule has 4 rings (SSSR count). The molecule has 4 nitrogen and oxygen atoms in total. The average Bonchev–Trinajstić information content (AvgIpc) is 2.83. The van der Waals surface area contributed by atoms with E-state index in [1.807, 2.05) is 30.3 Å². The van der Waals surface area contributed by atoms with Gasteiger partial charge in [0.15, 0.2) is 0 Å². The van der Waals surface area contributed by atoms with Crippen molar-refractivity contribution >= 4 is 5.91 Å². The van der Waals surface area contributed by atoms with Crippen LogP contribution >= 0.6 is 0 Å². The van der Waals surface area contributed by atoms with Crippen molar-refractivity contribution in [3.05, 3.63) is 70.8 Å². The van der Waals surface area contributed by atoms with Gasteiger partial charge < -0.3 is 15.4 Å². The van der Waals surface area contributed by atoms with E-state index in [2.05, 4.69) is 10.6 Å². The van der Waals surface area contributed by atoms with E-state index in [1.165, 1.54) is 6.07 Å². The Morgan fingerprint density at radius 1 is 1.09 bits per heavy atom. The highest BCUT2D eigenvalue weighted by Crippen LogP contribution is 2.39. The summed E-state index contributed by atoms with van der Waals surface area (Å²) in [5.74, 6) is 0.0679. The first-order chi connectivity index (χ1) is 16.1. The number of nitrogens with one attached hydrogen (secondary N) is 2. The number of benzene rings is 2. The van der Waals surface area contributed by atoms with Crippen LogP contribution in [0.3, 0.4) is 0 Å². The van der Waals surface area contributed by atoms with Crippen molar-refractivity contribution in [1.82, 2.24) is 10.6 Å². The molecule has 1 spiro atoms. The molecule has 2 fully saturated rings. The Bertz CT molecular complexity index is 1000. The van der Waals surface area contributed by atoms with Crippen LogP contribution in [-0.4, -0.2) is 24.6 Å². The van der Waals surface area contributed by atoms with Gasteiger partial charge in [-0.15, -0.1) is 0 Å². The number of amides is 1. The number of halogens is 4. The van der Waals surface area contributed by atoms with E-state index < -0.39 is 30.1 Å². The SMILES string of the molecule is C[C@@H](OC[C@@]1(c2ccccc2)CC[C@]2(CCCC(=O)N2)CN1)c1cc(CF)cc(C(F)(F)F)c1.